The zero-order valence-electron chi connectivity index (χ0n) is 19.4. The minimum Gasteiger partial charge on any atom is -0.394 e. The lowest BCUT2D eigenvalue weighted by Gasteiger charge is -2.31. The molecular formula is C26H44N2O3. The zero-order chi connectivity index (χ0) is 22.3. The molecule has 2 rings (SSSR count). The van der Waals surface area contributed by atoms with Crippen molar-refractivity contribution in [3.05, 3.63) is 35.9 Å². The second-order valence-electron chi connectivity index (χ2n) is 9.17. The first-order valence-electron chi connectivity index (χ1n) is 12.5. The Labute approximate surface area is 189 Å². The summed E-state index contributed by atoms with van der Waals surface area (Å²) in [5.41, 5.74) is 0.696. The van der Waals surface area contributed by atoms with Crippen LogP contribution in [0.25, 0.3) is 0 Å². The third kappa shape index (κ3) is 9.71. The van der Waals surface area contributed by atoms with Crippen molar-refractivity contribution >= 4 is 5.91 Å². The summed E-state index contributed by atoms with van der Waals surface area (Å²) in [6, 6.07) is 8.23. The van der Waals surface area contributed by atoms with Gasteiger partial charge in [0.15, 0.2) is 0 Å². The fourth-order valence-corrected chi connectivity index (χ4v) is 4.59. The molecule has 5 nitrogen and oxygen atoms in total. The monoisotopic (exact) mass is 432 g/mol. The van der Waals surface area contributed by atoms with E-state index in [9.17, 15) is 15.0 Å². The number of unbranched alkanes of at least 4 members (excludes halogenated alkanes) is 8. The molecule has 1 fully saturated rings. The van der Waals surface area contributed by atoms with Gasteiger partial charge in [-0.05, 0) is 30.9 Å². The highest BCUT2D eigenvalue weighted by Crippen LogP contribution is 2.24. The van der Waals surface area contributed by atoms with Gasteiger partial charge in [0.2, 0.25) is 5.91 Å². The van der Waals surface area contributed by atoms with Crippen LogP contribution in [-0.2, 0) is 4.79 Å². The van der Waals surface area contributed by atoms with Crippen LogP contribution in [-0.4, -0.2) is 41.4 Å². The highest BCUT2D eigenvalue weighted by molar-refractivity contribution is 5.82. The summed E-state index contributed by atoms with van der Waals surface area (Å²) in [5.74, 6) is 0.457. The van der Waals surface area contributed by atoms with E-state index in [1.165, 1.54) is 64.2 Å². The maximum atomic E-state index is 12.8. The van der Waals surface area contributed by atoms with E-state index < -0.39 is 12.1 Å². The van der Waals surface area contributed by atoms with E-state index in [4.69, 9.17) is 0 Å². The molecule has 1 aliphatic rings. The van der Waals surface area contributed by atoms with E-state index in [1.807, 2.05) is 18.2 Å². The van der Waals surface area contributed by atoms with Crippen molar-refractivity contribution < 1.29 is 15.0 Å². The summed E-state index contributed by atoms with van der Waals surface area (Å²) in [6.45, 7) is 2.82. The third-order valence-electron chi connectivity index (χ3n) is 6.59. The average Bonchev–Trinajstić information content (AvgIpc) is 2.81. The predicted octanol–water partition coefficient (Wildman–Crippen LogP) is 4.49. The minimum atomic E-state index is -0.920. The van der Waals surface area contributed by atoms with Crippen molar-refractivity contribution in [2.45, 2.75) is 102 Å². The topological polar surface area (TPSA) is 81.6 Å². The molecule has 4 N–H and O–H groups in total. The number of carbonyl (C=O) groups excluding carboxylic acids is 1. The quantitative estimate of drug-likeness (QED) is 0.308. The molecule has 0 spiro atoms. The van der Waals surface area contributed by atoms with Crippen LogP contribution in [0.15, 0.2) is 30.3 Å². The number of aliphatic hydroxyl groups is 2. The molecule has 0 aromatic heterocycles. The Bertz CT molecular complexity index is 596. The molecule has 0 saturated carbocycles. The number of amides is 1. The Morgan fingerprint density at radius 3 is 2.35 bits per heavy atom. The summed E-state index contributed by atoms with van der Waals surface area (Å²) in [4.78, 5) is 12.8. The van der Waals surface area contributed by atoms with Gasteiger partial charge in [-0.1, -0.05) is 101 Å². The number of benzene rings is 1. The zero-order valence-corrected chi connectivity index (χ0v) is 19.4. The van der Waals surface area contributed by atoms with Gasteiger partial charge in [-0.3, -0.25) is 4.79 Å². The van der Waals surface area contributed by atoms with Crippen molar-refractivity contribution in [3.63, 3.8) is 0 Å². The third-order valence-corrected chi connectivity index (χ3v) is 6.59. The van der Waals surface area contributed by atoms with Gasteiger partial charge in [-0.2, -0.15) is 0 Å². The Balaban J connectivity index is 1.66. The van der Waals surface area contributed by atoms with Gasteiger partial charge in [-0.25, -0.2) is 0 Å². The number of rotatable bonds is 15. The number of nitrogens with one attached hydrogen (secondary N) is 2. The molecule has 1 heterocycles. The highest BCUT2D eigenvalue weighted by atomic mass is 16.3. The van der Waals surface area contributed by atoms with Gasteiger partial charge < -0.3 is 20.8 Å². The first-order valence-corrected chi connectivity index (χ1v) is 12.5. The fraction of sp³-hybridized carbons (Fsp3) is 0.731. The molecule has 31 heavy (non-hydrogen) atoms. The Hall–Kier alpha value is -1.43. The minimum absolute atomic E-state index is 0.120. The van der Waals surface area contributed by atoms with Crippen molar-refractivity contribution in [2.75, 3.05) is 13.2 Å². The maximum Gasteiger partial charge on any atom is 0.237 e. The van der Waals surface area contributed by atoms with Gasteiger partial charge in [0.05, 0.1) is 18.7 Å². The molecule has 0 bridgehead atoms. The molecule has 4 atom stereocenters. The lowest BCUT2D eigenvalue weighted by molar-refractivity contribution is -0.126. The molecule has 1 aromatic rings. The van der Waals surface area contributed by atoms with Crippen LogP contribution in [0.5, 0.6) is 0 Å². The SMILES string of the molecule is CCCCCCCCCCCC1CCNC(C(=O)N[C@H](CO)[C@H](O)c2ccccc2)C1. The lowest BCUT2D eigenvalue weighted by Crippen LogP contribution is -2.53. The molecule has 5 heteroatoms. The lowest BCUT2D eigenvalue weighted by atomic mass is 9.87. The van der Waals surface area contributed by atoms with Crippen LogP contribution in [0, 0.1) is 5.92 Å². The molecule has 0 aliphatic carbocycles. The molecule has 1 aliphatic heterocycles. The van der Waals surface area contributed by atoms with E-state index in [2.05, 4.69) is 17.6 Å². The maximum absolute atomic E-state index is 12.8. The van der Waals surface area contributed by atoms with Crippen LogP contribution in [0.1, 0.15) is 95.6 Å². The number of hydrogen-bond donors (Lipinski definition) is 4. The molecular weight excluding hydrogens is 388 g/mol. The highest BCUT2D eigenvalue weighted by Gasteiger charge is 2.30. The molecule has 1 saturated heterocycles. The first-order chi connectivity index (χ1) is 15.2. The summed E-state index contributed by atoms with van der Waals surface area (Å²) in [6.07, 6.45) is 14.3. The second kappa shape index (κ2) is 15.4. The van der Waals surface area contributed by atoms with Crippen molar-refractivity contribution in [1.82, 2.24) is 10.6 Å². The first kappa shape index (κ1) is 25.8. The van der Waals surface area contributed by atoms with Crippen LogP contribution in [0.4, 0.5) is 0 Å². The van der Waals surface area contributed by atoms with Gasteiger partial charge in [0.1, 0.15) is 6.10 Å². The normalized spacial score (nSPS) is 20.9. The second-order valence-corrected chi connectivity index (χ2v) is 9.17. The van der Waals surface area contributed by atoms with Gasteiger partial charge in [0, 0.05) is 0 Å². The van der Waals surface area contributed by atoms with E-state index in [-0.39, 0.29) is 18.6 Å². The molecule has 0 radical (unpaired) electrons. The van der Waals surface area contributed by atoms with E-state index in [0.29, 0.717) is 11.5 Å². The van der Waals surface area contributed by atoms with Crippen LogP contribution < -0.4 is 10.6 Å². The smallest absolute Gasteiger partial charge is 0.237 e. The number of hydrogen-bond acceptors (Lipinski definition) is 4. The molecule has 176 valence electrons. The van der Waals surface area contributed by atoms with Crippen molar-refractivity contribution in [1.29, 1.82) is 0 Å². The van der Waals surface area contributed by atoms with Gasteiger partial charge in [-0.15, -0.1) is 0 Å². The molecule has 2 unspecified atom stereocenters. The Kier molecular flexibility index (Phi) is 12.8. The van der Waals surface area contributed by atoms with Gasteiger partial charge in [0.25, 0.3) is 0 Å². The van der Waals surface area contributed by atoms with E-state index in [1.54, 1.807) is 12.1 Å². The van der Waals surface area contributed by atoms with Crippen LogP contribution >= 0.6 is 0 Å². The standard InChI is InChI=1S/C26H44N2O3/c1-2-3-4-5-6-7-8-9-11-14-21-17-18-27-23(19-21)26(31)28-24(20-29)25(30)22-15-12-10-13-16-22/h10,12-13,15-16,21,23-25,27,29-30H,2-9,11,14,17-20H2,1H3,(H,28,31)/t21?,23?,24-,25-/m1/s1. The number of piperidine rings is 1. The van der Waals surface area contributed by atoms with Crippen LogP contribution in [0.2, 0.25) is 0 Å². The largest absolute Gasteiger partial charge is 0.394 e. The van der Waals surface area contributed by atoms with Gasteiger partial charge >= 0.3 is 0 Å². The summed E-state index contributed by atoms with van der Waals surface area (Å²) >= 11 is 0. The molecule has 1 amide bonds. The number of aliphatic hydroxyl groups excluding tert-OH is 2. The van der Waals surface area contributed by atoms with E-state index in [0.717, 1.165) is 19.4 Å². The summed E-state index contributed by atoms with van der Waals surface area (Å²) in [5, 5.41) is 26.4. The summed E-state index contributed by atoms with van der Waals surface area (Å²) in [7, 11) is 0. The fourth-order valence-electron chi connectivity index (χ4n) is 4.59. The van der Waals surface area contributed by atoms with Crippen LogP contribution in [0.3, 0.4) is 0 Å². The predicted molar refractivity (Wildman–Crippen MR) is 127 cm³/mol. The average molecular weight is 433 g/mol. The van der Waals surface area contributed by atoms with Crippen molar-refractivity contribution in [2.24, 2.45) is 5.92 Å². The molecule has 1 aromatic carbocycles. The summed E-state index contributed by atoms with van der Waals surface area (Å²) < 4.78 is 0. The van der Waals surface area contributed by atoms with Crippen molar-refractivity contribution in [3.8, 4) is 0 Å². The van der Waals surface area contributed by atoms with E-state index >= 15 is 0 Å². The number of carbonyl (C=O) groups is 1. The Morgan fingerprint density at radius 1 is 1.06 bits per heavy atom. The Morgan fingerprint density at radius 2 is 1.71 bits per heavy atom.